The van der Waals surface area contributed by atoms with Crippen molar-refractivity contribution in [2.45, 2.75) is 6.61 Å². The molecule has 0 unspecified atom stereocenters. The topological polar surface area (TPSA) is 54.0 Å². The van der Waals surface area contributed by atoms with E-state index in [-0.39, 0.29) is 0 Å². The van der Waals surface area contributed by atoms with E-state index in [2.05, 4.69) is 6.58 Å². The van der Waals surface area contributed by atoms with Gasteiger partial charge in [-0.1, -0.05) is 6.58 Å². The van der Waals surface area contributed by atoms with Crippen LogP contribution < -0.4 is 14.2 Å². The zero-order valence-corrected chi connectivity index (χ0v) is 13.9. The molecule has 0 radical (unpaired) electrons. The molecule has 25 heavy (non-hydrogen) atoms. The molecule has 2 aromatic carbocycles. The Morgan fingerprint density at radius 2 is 1.92 bits per heavy atom. The third-order valence-corrected chi connectivity index (χ3v) is 3.66. The van der Waals surface area contributed by atoms with Gasteiger partial charge in [-0.2, -0.15) is 0 Å². The Morgan fingerprint density at radius 1 is 1.16 bits per heavy atom. The van der Waals surface area contributed by atoms with Crippen molar-refractivity contribution in [3.63, 3.8) is 0 Å². The van der Waals surface area contributed by atoms with Gasteiger partial charge in [0.05, 0.1) is 20.3 Å². The maximum atomic E-state index is 11.3. The minimum absolute atomic E-state index is 0.362. The first-order valence-corrected chi connectivity index (χ1v) is 7.77. The van der Waals surface area contributed by atoms with Gasteiger partial charge in [-0.05, 0) is 48.5 Å². The highest BCUT2D eigenvalue weighted by molar-refractivity contribution is 5.83. The van der Waals surface area contributed by atoms with Gasteiger partial charge in [0.25, 0.3) is 0 Å². The van der Waals surface area contributed by atoms with Crippen LogP contribution in [0.1, 0.15) is 11.1 Å². The van der Waals surface area contributed by atoms with Crippen molar-refractivity contribution in [3.8, 4) is 17.2 Å². The van der Waals surface area contributed by atoms with Crippen molar-refractivity contribution in [1.29, 1.82) is 0 Å². The molecule has 0 saturated heterocycles. The average molecular weight is 338 g/mol. The standard InChI is InChI=1S/C20H18O5/c1-3-20(21)24-17-8-9-18-15(12-17)13-23-11-10-19(25-18)14-4-6-16(22-2)7-5-14/h3-10,12H,1,11,13H2,2H3/b19-10-. The van der Waals surface area contributed by atoms with Gasteiger partial charge in [0.2, 0.25) is 0 Å². The molecule has 0 saturated carbocycles. The van der Waals surface area contributed by atoms with Gasteiger partial charge in [-0.25, -0.2) is 4.79 Å². The van der Waals surface area contributed by atoms with E-state index >= 15 is 0 Å². The van der Waals surface area contributed by atoms with Gasteiger partial charge in [0, 0.05) is 17.2 Å². The first kappa shape index (κ1) is 16.8. The molecule has 0 fully saturated rings. The van der Waals surface area contributed by atoms with Crippen LogP contribution in [0.2, 0.25) is 0 Å². The summed E-state index contributed by atoms with van der Waals surface area (Å²) in [6, 6.07) is 12.8. The summed E-state index contributed by atoms with van der Waals surface area (Å²) in [5.41, 5.74) is 1.72. The molecular formula is C20H18O5. The van der Waals surface area contributed by atoms with Crippen LogP contribution in [0.15, 0.2) is 61.2 Å². The molecule has 0 bridgehead atoms. The lowest BCUT2D eigenvalue weighted by Gasteiger charge is -2.18. The minimum atomic E-state index is -0.508. The Morgan fingerprint density at radius 3 is 2.64 bits per heavy atom. The van der Waals surface area contributed by atoms with Gasteiger partial charge in [0.1, 0.15) is 23.0 Å². The number of fused-ring (bicyclic) bond motifs is 1. The second kappa shape index (κ2) is 7.68. The number of carbonyl (C=O) groups excluding carboxylic acids is 1. The van der Waals surface area contributed by atoms with E-state index in [9.17, 15) is 4.79 Å². The van der Waals surface area contributed by atoms with Crippen molar-refractivity contribution < 1.29 is 23.7 Å². The normalized spacial score (nSPS) is 15.5. The predicted molar refractivity (Wildman–Crippen MR) is 93.5 cm³/mol. The summed E-state index contributed by atoms with van der Waals surface area (Å²) < 4.78 is 22.0. The lowest BCUT2D eigenvalue weighted by molar-refractivity contribution is -0.128. The first-order valence-electron chi connectivity index (χ1n) is 7.77. The molecule has 2 aromatic rings. The smallest absolute Gasteiger partial charge is 0.335 e. The number of hydrogen-bond donors (Lipinski definition) is 0. The number of esters is 1. The molecule has 0 atom stereocenters. The van der Waals surface area contributed by atoms with E-state index in [0.29, 0.717) is 30.5 Å². The number of carbonyl (C=O) groups is 1. The van der Waals surface area contributed by atoms with Crippen molar-refractivity contribution in [2.75, 3.05) is 13.7 Å². The van der Waals surface area contributed by atoms with Crippen LogP contribution >= 0.6 is 0 Å². The summed E-state index contributed by atoms with van der Waals surface area (Å²) in [6.45, 7) is 4.16. The largest absolute Gasteiger partial charge is 0.497 e. The van der Waals surface area contributed by atoms with Gasteiger partial charge >= 0.3 is 5.97 Å². The molecular weight excluding hydrogens is 320 g/mol. The maximum absolute atomic E-state index is 11.3. The van der Waals surface area contributed by atoms with Crippen LogP contribution in [-0.4, -0.2) is 19.7 Å². The fourth-order valence-electron chi connectivity index (χ4n) is 2.39. The van der Waals surface area contributed by atoms with Crippen LogP contribution in [-0.2, 0) is 16.1 Å². The van der Waals surface area contributed by atoms with E-state index in [0.717, 1.165) is 23.0 Å². The lowest BCUT2D eigenvalue weighted by Crippen LogP contribution is -2.07. The van der Waals surface area contributed by atoms with E-state index in [1.165, 1.54) is 0 Å². The SMILES string of the molecule is C=CC(=O)Oc1ccc2c(c1)COC/C=C(/c1ccc(OC)cc1)O2. The van der Waals surface area contributed by atoms with E-state index in [4.69, 9.17) is 18.9 Å². The van der Waals surface area contributed by atoms with Crippen molar-refractivity contribution in [3.05, 3.63) is 72.3 Å². The summed E-state index contributed by atoms with van der Waals surface area (Å²) in [5.74, 6) is 2.04. The van der Waals surface area contributed by atoms with E-state index < -0.39 is 5.97 Å². The van der Waals surface area contributed by atoms with Crippen molar-refractivity contribution >= 4 is 11.7 Å². The predicted octanol–water partition coefficient (Wildman–Crippen LogP) is 3.74. The highest BCUT2D eigenvalue weighted by Crippen LogP contribution is 2.31. The van der Waals surface area contributed by atoms with E-state index in [1.54, 1.807) is 25.3 Å². The Hall–Kier alpha value is -3.05. The molecule has 128 valence electrons. The number of methoxy groups -OCH3 is 1. The number of benzene rings is 2. The second-order valence-electron chi connectivity index (χ2n) is 5.31. The van der Waals surface area contributed by atoms with Crippen LogP contribution in [0.3, 0.4) is 0 Å². The molecule has 1 heterocycles. The summed E-state index contributed by atoms with van der Waals surface area (Å²) in [4.78, 5) is 11.3. The molecule has 0 aromatic heterocycles. The second-order valence-corrected chi connectivity index (χ2v) is 5.31. The fourth-order valence-corrected chi connectivity index (χ4v) is 2.39. The summed E-state index contributed by atoms with van der Waals surface area (Å²) in [5, 5.41) is 0. The molecule has 5 nitrogen and oxygen atoms in total. The highest BCUT2D eigenvalue weighted by atomic mass is 16.5. The highest BCUT2D eigenvalue weighted by Gasteiger charge is 2.14. The van der Waals surface area contributed by atoms with E-state index in [1.807, 2.05) is 30.3 Å². The molecule has 0 N–H and O–H groups in total. The average Bonchev–Trinajstić information content (AvgIpc) is 2.63. The third kappa shape index (κ3) is 4.08. The third-order valence-electron chi connectivity index (χ3n) is 3.66. The monoisotopic (exact) mass is 338 g/mol. The van der Waals surface area contributed by atoms with Crippen molar-refractivity contribution in [2.24, 2.45) is 0 Å². The molecule has 0 amide bonds. The Balaban J connectivity index is 1.86. The molecule has 0 spiro atoms. The summed E-state index contributed by atoms with van der Waals surface area (Å²) >= 11 is 0. The van der Waals surface area contributed by atoms with Gasteiger partial charge in [-0.15, -0.1) is 0 Å². The number of ether oxygens (including phenoxy) is 4. The Kier molecular flexibility index (Phi) is 5.16. The van der Waals surface area contributed by atoms with Crippen LogP contribution in [0.4, 0.5) is 0 Å². The summed E-state index contributed by atoms with van der Waals surface area (Å²) in [6.07, 6.45) is 3.00. The molecule has 3 rings (SSSR count). The van der Waals surface area contributed by atoms with Gasteiger partial charge < -0.3 is 18.9 Å². The molecule has 0 aliphatic carbocycles. The molecule has 1 aliphatic rings. The van der Waals surface area contributed by atoms with Gasteiger partial charge in [0.15, 0.2) is 0 Å². The molecule has 1 aliphatic heterocycles. The fraction of sp³-hybridized carbons (Fsp3) is 0.150. The summed E-state index contributed by atoms with van der Waals surface area (Å²) in [7, 11) is 1.63. The minimum Gasteiger partial charge on any atom is -0.497 e. The van der Waals surface area contributed by atoms with Gasteiger partial charge in [-0.3, -0.25) is 0 Å². The Bertz CT molecular complexity index is 805. The Labute approximate surface area is 146 Å². The van der Waals surface area contributed by atoms with Crippen LogP contribution in [0.25, 0.3) is 5.76 Å². The zero-order chi connectivity index (χ0) is 17.6. The zero-order valence-electron chi connectivity index (χ0n) is 13.9. The quantitative estimate of drug-likeness (QED) is 0.483. The number of rotatable bonds is 4. The lowest BCUT2D eigenvalue weighted by atomic mass is 10.1. The van der Waals surface area contributed by atoms with Crippen LogP contribution in [0.5, 0.6) is 17.2 Å². The first-order chi connectivity index (χ1) is 12.2. The van der Waals surface area contributed by atoms with Crippen molar-refractivity contribution in [1.82, 2.24) is 0 Å². The van der Waals surface area contributed by atoms with Crippen LogP contribution in [0, 0.1) is 0 Å². The molecule has 5 heteroatoms. The number of hydrogen-bond acceptors (Lipinski definition) is 5. The maximum Gasteiger partial charge on any atom is 0.335 e.